The molecule has 1 spiro atoms. The number of nitrogens with zero attached hydrogens (tertiary/aromatic N) is 1. The zero-order valence-electron chi connectivity index (χ0n) is 18.5. The minimum absolute atomic E-state index is 0.0128. The van der Waals surface area contributed by atoms with Gasteiger partial charge in [-0.1, -0.05) is 6.92 Å². The summed E-state index contributed by atoms with van der Waals surface area (Å²) in [5.74, 6) is 1.01. The Morgan fingerprint density at radius 3 is 2.57 bits per heavy atom. The Kier molecular flexibility index (Phi) is 5.56. The monoisotopic (exact) mass is 392 g/mol. The van der Waals surface area contributed by atoms with E-state index in [-0.39, 0.29) is 29.0 Å². The van der Waals surface area contributed by atoms with Crippen LogP contribution in [-0.4, -0.2) is 60.9 Å². The zero-order chi connectivity index (χ0) is 20.1. The molecule has 0 aromatic carbocycles. The number of carbonyl (C=O) groups is 1. The number of fused-ring (bicyclic) bond motifs is 3. The van der Waals surface area contributed by atoms with Gasteiger partial charge in [-0.2, -0.15) is 0 Å². The Balaban J connectivity index is 1.35. The average Bonchev–Trinajstić information content (AvgIpc) is 3.30. The van der Waals surface area contributed by atoms with E-state index in [9.17, 15) is 4.79 Å². The maximum atomic E-state index is 12.7. The first-order valence-electron chi connectivity index (χ1n) is 11.6. The molecule has 0 radical (unpaired) electrons. The van der Waals surface area contributed by atoms with Crippen molar-refractivity contribution in [3.63, 3.8) is 0 Å². The quantitative estimate of drug-likeness (QED) is 0.410. The third-order valence-electron chi connectivity index (χ3n) is 8.32. The van der Waals surface area contributed by atoms with E-state index in [1.165, 1.54) is 19.3 Å². The lowest BCUT2D eigenvalue weighted by Crippen LogP contribution is -2.51. The van der Waals surface area contributed by atoms with Crippen LogP contribution in [0.3, 0.4) is 0 Å². The van der Waals surface area contributed by atoms with Crippen molar-refractivity contribution in [3.8, 4) is 0 Å². The molecule has 0 unspecified atom stereocenters. The van der Waals surface area contributed by atoms with Gasteiger partial charge in [0, 0.05) is 37.6 Å². The minimum atomic E-state index is 0.0128. The molecule has 4 aliphatic rings. The van der Waals surface area contributed by atoms with Crippen LogP contribution in [0.15, 0.2) is 0 Å². The number of rotatable bonds is 7. The van der Waals surface area contributed by atoms with Gasteiger partial charge in [-0.05, 0) is 71.1 Å². The summed E-state index contributed by atoms with van der Waals surface area (Å²) in [5, 5.41) is 3.58. The van der Waals surface area contributed by atoms with E-state index in [0.717, 1.165) is 39.1 Å². The van der Waals surface area contributed by atoms with Crippen LogP contribution < -0.4 is 5.32 Å². The van der Waals surface area contributed by atoms with Crippen molar-refractivity contribution in [2.24, 2.45) is 23.2 Å². The Labute approximate surface area is 170 Å². The number of esters is 1. The van der Waals surface area contributed by atoms with Crippen LogP contribution in [-0.2, 0) is 14.3 Å². The highest BCUT2D eigenvalue weighted by Crippen LogP contribution is 2.62. The summed E-state index contributed by atoms with van der Waals surface area (Å²) in [6, 6.07) is 1.08. The second-order valence-corrected chi connectivity index (χ2v) is 10.7. The number of ether oxygens (including phenoxy) is 2. The van der Waals surface area contributed by atoms with Gasteiger partial charge in [-0.15, -0.1) is 0 Å². The van der Waals surface area contributed by atoms with Crippen LogP contribution in [0.4, 0.5) is 0 Å². The zero-order valence-corrected chi connectivity index (χ0v) is 18.5. The lowest BCUT2D eigenvalue weighted by atomic mass is 9.53. The van der Waals surface area contributed by atoms with Crippen LogP contribution >= 0.6 is 0 Å². The molecule has 2 heterocycles. The summed E-state index contributed by atoms with van der Waals surface area (Å²) >= 11 is 0. The predicted octanol–water partition coefficient (Wildman–Crippen LogP) is 3.22. The van der Waals surface area contributed by atoms with Gasteiger partial charge < -0.3 is 14.8 Å². The summed E-state index contributed by atoms with van der Waals surface area (Å²) < 4.78 is 11.9. The number of carbonyl (C=O) groups excluding carboxylic acids is 1. The first kappa shape index (κ1) is 20.6. The molecular weight excluding hydrogens is 352 g/mol. The van der Waals surface area contributed by atoms with Crippen LogP contribution in [0.2, 0.25) is 0 Å². The summed E-state index contributed by atoms with van der Waals surface area (Å²) in [6.45, 7) is 15.0. The van der Waals surface area contributed by atoms with Gasteiger partial charge in [0.05, 0.1) is 18.1 Å². The Morgan fingerprint density at radius 1 is 1.21 bits per heavy atom. The first-order chi connectivity index (χ1) is 13.3. The van der Waals surface area contributed by atoms with Crippen LogP contribution in [0.25, 0.3) is 0 Å². The van der Waals surface area contributed by atoms with Crippen LogP contribution in [0, 0.1) is 23.2 Å². The van der Waals surface area contributed by atoms with Crippen molar-refractivity contribution in [2.75, 3.05) is 26.2 Å². The molecule has 1 N–H and O–H groups in total. The molecular formula is C23H40N2O3. The highest BCUT2D eigenvalue weighted by atomic mass is 16.6. The Bertz CT molecular complexity index is 580. The molecule has 2 saturated heterocycles. The molecule has 2 saturated carbocycles. The number of epoxide rings is 1. The first-order valence-corrected chi connectivity index (χ1v) is 11.6. The lowest BCUT2D eigenvalue weighted by Gasteiger charge is -2.51. The van der Waals surface area contributed by atoms with Gasteiger partial charge in [-0.25, -0.2) is 0 Å². The standard InChI is InChI=1S/C23H40N2O3/c1-15(2)25(16(3)4)10-9-24-13-18-17-11-20-22(5,12-19(17)28-21(18)26)7-6-8-23(20)14-27-23/h15-20,24H,6-14H2,1-5H3/t17-,18-,19-,20-,22-,23+/m1/s1. The van der Waals surface area contributed by atoms with Crippen molar-refractivity contribution in [3.05, 3.63) is 0 Å². The SMILES string of the molecule is CC(C)N(CCNC[C@H]1C(=O)O[C@@H]2C[C@@]3(C)CCC[C@]4(CO4)[C@@H]3C[C@@H]21)C(C)C. The second-order valence-electron chi connectivity index (χ2n) is 10.7. The van der Waals surface area contributed by atoms with E-state index in [4.69, 9.17) is 9.47 Å². The summed E-state index contributed by atoms with van der Waals surface area (Å²) in [5.41, 5.74) is 0.421. The molecule has 0 amide bonds. The van der Waals surface area contributed by atoms with E-state index in [2.05, 4.69) is 44.8 Å². The minimum Gasteiger partial charge on any atom is -0.462 e. The predicted molar refractivity (Wildman–Crippen MR) is 110 cm³/mol. The highest BCUT2D eigenvalue weighted by Gasteiger charge is 2.64. The van der Waals surface area contributed by atoms with Gasteiger partial charge in [-0.3, -0.25) is 9.69 Å². The summed E-state index contributed by atoms with van der Waals surface area (Å²) in [7, 11) is 0. The van der Waals surface area contributed by atoms with Gasteiger partial charge in [0.1, 0.15) is 6.10 Å². The number of hydrogen-bond acceptors (Lipinski definition) is 5. The average molecular weight is 393 g/mol. The molecule has 5 heteroatoms. The Morgan fingerprint density at radius 2 is 1.93 bits per heavy atom. The maximum Gasteiger partial charge on any atom is 0.310 e. The van der Waals surface area contributed by atoms with E-state index < -0.39 is 0 Å². The van der Waals surface area contributed by atoms with Crippen molar-refractivity contribution in [1.29, 1.82) is 0 Å². The fourth-order valence-electron chi connectivity index (χ4n) is 6.77. The van der Waals surface area contributed by atoms with E-state index in [1.807, 2.05) is 0 Å². The molecule has 2 aliphatic heterocycles. The van der Waals surface area contributed by atoms with E-state index in [0.29, 0.717) is 23.9 Å². The lowest BCUT2D eigenvalue weighted by molar-refractivity contribution is -0.147. The van der Waals surface area contributed by atoms with Crippen molar-refractivity contribution in [1.82, 2.24) is 10.2 Å². The van der Waals surface area contributed by atoms with E-state index in [1.54, 1.807) is 0 Å². The fraction of sp³-hybridized carbons (Fsp3) is 0.957. The molecule has 2 aliphatic carbocycles. The normalized spacial score (nSPS) is 42.2. The summed E-state index contributed by atoms with van der Waals surface area (Å²) in [6.07, 6.45) is 5.98. The molecule has 160 valence electrons. The van der Waals surface area contributed by atoms with Gasteiger partial charge in [0.25, 0.3) is 0 Å². The molecule has 4 fully saturated rings. The van der Waals surface area contributed by atoms with Crippen molar-refractivity contribution < 1.29 is 14.3 Å². The highest BCUT2D eigenvalue weighted by molar-refractivity contribution is 5.75. The molecule has 4 rings (SSSR count). The van der Waals surface area contributed by atoms with Crippen LogP contribution in [0.1, 0.15) is 66.7 Å². The Hall–Kier alpha value is -0.650. The third-order valence-corrected chi connectivity index (χ3v) is 8.32. The maximum absolute atomic E-state index is 12.7. The second kappa shape index (κ2) is 7.55. The van der Waals surface area contributed by atoms with Gasteiger partial charge >= 0.3 is 5.97 Å². The van der Waals surface area contributed by atoms with Gasteiger partial charge in [0.15, 0.2) is 0 Å². The molecule has 5 nitrogen and oxygen atoms in total. The molecule has 0 aromatic rings. The van der Waals surface area contributed by atoms with Crippen molar-refractivity contribution >= 4 is 5.97 Å². The fourth-order valence-corrected chi connectivity index (χ4v) is 6.77. The largest absolute Gasteiger partial charge is 0.462 e. The number of hydrogen-bond donors (Lipinski definition) is 1. The van der Waals surface area contributed by atoms with Crippen molar-refractivity contribution in [2.45, 2.75) is 90.5 Å². The molecule has 28 heavy (non-hydrogen) atoms. The van der Waals surface area contributed by atoms with Crippen LogP contribution in [0.5, 0.6) is 0 Å². The smallest absolute Gasteiger partial charge is 0.310 e. The summed E-state index contributed by atoms with van der Waals surface area (Å²) in [4.78, 5) is 15.2. The third kappa shape index (κ3) is 3.63. The molecule has 6 atom stereocenters. The molecule has 0 bridgehead atoms. The van der Waals surface area contributed by atoms with E-state index >= 15 is 0 Å². The topological polar surface area (TPSA) is 54.1 Å². The number of nitrogens with one attached hydrogen (secondary N) is 1. The molecule has 0 aromatic heterocycles. The van der Waals surface area contributed by atoms with Gasteiger partial charge in [0.2, 0.25) is 0 Å².